The second kappa shape index (κ2) is 6.79. The first kappa shape index (κ1) is 14.2. The summed E-state index contributed by atoms with van der Waals surface area (Å²) in [5.74, 6) is 1.43. The van der Waals surface area contributed by atoms with Crippen LogP contribution < -0.4 is 0 Å². The summed E-state index contributed by atoms with van der Waals surface area (Å²) in [5.41, 5.74) is 1.59. The van der Waals surface area contributed by atoms with Crippen molar-refractivity contribution in [1.29, 1.82) is 0 Å². The minimum absolute atomic E-state index is 0.233. The first-order valence-electron chi connectivity index (χ1n) is 6.81. The van der Waals surface area contributed by atoms with Crippen LogP contribution in [0.2, 0.25) is 0 Å². The fourth-order valence-electron chi connectivity index (χ4n) is 2.53. The lowest BCUT2D eigenvalue weighted by atomic mass is 9.83. The second-order valence-electron chi connectivity index (χ2n) is 5.26. The van der Waals surface area contributed by atoms with Crippen LogP contribution in [-0.2, 0) is 13.8 Å². The molecule has 102 valence electrons. The summed E-state index contributed by atoms with van der Waals surface area (Å²) in [6.07, 6.45) is 9.93. The van der Waals surface area contributed by atoms with Crippen LogP contribution in [0.25, 0.3) is 0 Å². The first-order chi connectivity index (χ1) is 8.72. The summed E-state index contributed by atoms with van der Waals surface area (Å²) in [4.78, 5) is 12.1. The van der Waals surface area contributed by atoms with Crippen LogP contribution in [0.1, 0.15) is 38.5 Å². The summed E-state index contributed by atoms with van der Waals surface area (Å²) in [6, 6.07) is 0. The van der Waals surface area contributed by atoms with Gasteiger partial charge < -0.3 is 9.05 Å². The summed E-state index contributed by atoms with van der Waals surface area (Å²) < 4.78 is 10.3. The Morgan fingerprint density at radius 2 is 1.83 bits per heavy atom. The SMILES string of the molecule is COP(CC(=O)C1CCC(=CC2CC2)CC1)OC. The zero-order valence-electron chi connectivity index (χ0n) is 11.4. The Bertz CT molecular complexity index is 309. The highest BCUT2D eigenvalue weighted by Crippen LogP contribution is 2.40. The number of rotatable bonds is 6. The molecule has 0 amide bonds. The van der Waals surface area contributed by atoms with E-state index in [1.807, 2.05) is 0 Å². The van der Waals surface area contributed by atoms with E-state index < -0.39 is 8.38 Å². The number of carbonyl (C=O) groups is 1. The van der Waals surface area contributed by atoms with E-state index in [9.17, 15) is 4.79 Å². The number of hydrogen-bond acceptors (Lipinski definition) is 3. The van der Waals surface area contributed by atoms with E-state index in [4.69, 9.17) is 9.05 Å². The van der Waals surface area contributed by atoms with Crippen molar-refractivity contribution in [3.63, 3.8) is 0 Å². The van der Waals surface area contributed by atoms with E-state index >= 15 is 0 Å². The molecule has 0 aliphatic heterocycles. The fraction of sp³-hybridized carbons (Fsp3) is 0.786. The van der Waals surface area contributed by atoms with Crippen LogP contribution >= 0.6 is 8.38 Å². The summed E-state index contributed by atoms with van der Waals surface area (Å²) in [5, 5.41) is 0. The molecular weight excluding hydrogens is 247 g/mol. The van der Waals surface area contributed by atoms with E-state index in [1.54, 1.807) is 19.8 Å². The molecule has 2 aliphatic carbocycles. The maximum Gasteiger partial charge on any atom is 0.177 e. The molecule has 2 aliphatic rings. The van der Waals surface area contributed by atoms with E-state index in [1.165, 1.54) is 12.8 Å². The van der Waals surface area contributed by atoms with E-state index in [-0.39, 0.29) is 5.92 Å². The predicted octanol–water partition coefficient (Wildman–Crippen LogP) is 3.69. The molecule has 0 spiro atoms. The monoisotopic (exact) mass is 270 g/mol. The molecule has 0 aromatic heterocycles. The third-order valence-electron chi connectivity index (χ3n) is 3.87. The molecule has 2 rings (SSSR count). The van der Waals surface area contributed by atoms with Crippen LogP contribution in [0.3, 0.4) is 0 Å². The predicted molar refractivity (Wildman–Crippen MR) is 73.6 cm³/mol. The summed E-state index contributed by atoms with van der Waals surface area (Å²) in [7, 11) is 2.22. The second-order valence-corrected chi connectivity index (χ2v) is 6.97. The lowest BCUT2D eigenvalue weighted by Gasteiger charge is -2.24. The highest BCUT2D eigenvalue weighted by molar-refractivity contribution is 7.48. The molecule has 0 heterocycles. The zero-order valence-corrected chi connectivity index (χ0v) is 12.2. The molecule has 0 aromatic rings. The molecule has 3 nitrogen and oxygen atoms in total. The number of hydrogen-bond donors (Lipinski definition) is 0. The molecule has 0 bridgehead atoms. The average molecular weight is 270 g/mol. The van der Waals surface area contributed by atoms with Gasteiger partial charge in [-0.15, -0.1) is 0 Å². The Morgan fingerprint density at radius 3 is 2.33 bits per heavy atom. The average Bonchev–Trinajstić information content (AvgIpc) is 3.20. The maximum absolute atomic E-state index is 12.1. The van der Waals surface area contributed by atoms with Gasteiger partial charge in [0.2, 0.25) is 0 Å². The molecule has 0 aromatic carbocycles. The number of carbonyl (C=O) groups excluding carboxylic acids is 1. The van der Waals surface area contributed by atoms with Gasteiger partial charge in [0.15, 0.2) is 8.38 Å². The minimum atomic E-state index is -1.000. The smallest absolute Gasteiger partial charge is 0.177 e. The molecule has 2 fully saturated rings. The lowest BCUT2D eigenvalue weighted by molar-refractivity contribution is -0.121. The largest absolute Gasteiger partial charge is 0.337 e. The first-order valence-corrected chi connectivity index (χ1v) is 8.17. The van der Waals surface area contributed by atoms with E-state index in [0.29, 0.717) is 11.9 Å². The maximum atomic E-state index is 12.1. The van der Waals surface area contributed by atoms with Crippen molar-refractivity contribution in [2.45, 2.75) is 38.5 Å². The van der Waals surface area contributed by atoms with E-state index in [2.05, 4.69) is 6.08 Å². The molecular formula is C14H23O3P. The standard InChI is InChI=1S/C14H23O3P/c1-16-18(17-2)10-14(15)13-7-5-12(6-8-13)9-11-3-4-11/h9,11,13H,3-8,10H2,1-2H3. The van der Waals surface area contributed by atoms with Gasteiger partial charge in [0.1, 0.15) is 5.78 Å². The summed E-state index contributed by atoms with van der Waals surface area (Å²) in [6.45, 7) is 0. The molecule has 0 radical (unpaired) electrons. The fourth-order valence-corrected chi connectivity index (χ4v) is 3.45. The van der Waals surface area contributed by atoms with Crippen LogP contribution in [-0.4, -0.2) is 26.2 Å². The third kappa shape index (κ3) is 4.15. The topological polar surface area (TPSA) is 35.5 Å². The van der Waals surface area contributed by atoms with Gasteiger partial charge in [-0.3, -0.25) is 4.79 Å². The Labute approximate surface area is 111 Å². The number of allylic oxidation sites excluding steroid dienone is 2. The van der Waals surface area contributed by atoms with Gasteiger partial charge in [-0.1, -0.05) is 11.6 Å². The van der Waals surface area contributed by atoms with Gasteiger partial charge in [-0.25, -0.2) is 0 Å². The van der Waals surface area contributed by atoms with Gasteiger partial charge in [0, 0.05) is 20.1 Å². The number of ketones is 1. The third-order valence-corrected chi connectivity index (χ3v) is 5.25. The quantitative estimate of drug-likeness (QED) is 0.545. The van der Waals surface area contributed by atoms with Gasteiger partial charge in [-0.2, -0.15) is 0 Å². The molecule has 0 atom stereocenters. The van der Waals surface area contributed by atoms with Gasteiger partial charge >= 0.3 is 0 Å². The highest BCUT2D eigenvalue weighted by atomic mass is 31.2. The van der Waals surface area contributed by atoms with Crippen LogP contribution in [0.4, 0.5) is 0 Å². The normalized spacial score (nSPS) is 24.4. The van der Waals surface area contributed by atoms with Crippen LogP contribution in [0, 0.1) is 11.8 Å². The molecule has 18 heavy (non-hydrogen) atoms. The van der Waals surface area contributed by atoms with Gasteiger partial charge in [0.05, 0.1) is 6.16 Å². The van der Waals surface area contributed by atoms with Crippen molar-refractivity contribution in [3.8, 4) is 0 Å². The van der Waals surface area contributed by atoms with Crippen molar-refractivity contribution in [1.82, 2.24) is 0 Å². The van der Waals surface area contributed by atoms with Gasteiger partial charge in [-0.05, 0) is 44.4 Å². The lowest BCUT2D eigenvalue weighted by Crippen LogP contribution is -2.21. The van der Waals surface area contributed by atoms with Gasteiger partial charge in [0.25, 0.3) is 0 Å². The van der Waals surface area contributed by atoms with E-state index in [0.717, 1.165) is 31.6 Å². The Kier molecular flexibility index (Phi) is 5.35. The molecule has 0 unspecified atom stereocenters. The molecule has 2 saturated carbocycles. The molecule has 0 N–H and O–H groups in total. The molecule has 0 saturated heterocycles. The number of Topliss-reactive ketones (excluding diaryl/α,β-unsaturated/α-hetero) is 1. The minimum Gasteiger partial charge on any atom is -0.337 e. The Hall–Kier alpha value is -0.240. The molecule has 4 heteroatoms. The van der Waals surface area contributed by atoms with Crippen molar-refractivity contribution >= 4 is 14.2 Å². The van der Waals surface area contributed by atoms with Crippen molar-refractivity contribution < 1.29 is 13.8 Å². The van der Waals surface area contributed by atoms with Crippen molar-refractivity contribution in [2.75, 3.05) is 20.4 Å². The van der Waals surface area contributed by atoms with Crippen LogP contribution in [0.15, 0.2) is 11.6 Å². The summed E-state index contributed by atoms with van der Waals surface area (Å²) >= 11 is 0. The Morgan fingerprint density at radius 1 is 1.22 bits per heavy atom. The zero-order chi connectivity index (χ0) is 13.0. The van der Waals surface area contributed by atoms with Crippen LogP contribution in [0.5, 0.6) is 0 Å². The van der Waals surface area contributed by atoms with Crippen molar-refractivity contribution in [3.05, 3.63) is 11.6 Å². The van der Waals surface area contributed by atoms with Crippen molar-refractivity contribution in [2.24, 2.45) is 11.8 Å². The highest BCUT2D eigenvalue weighted by Gasteiger charge is 2.27. The Balaban J connectivity index is 1.76.